The highest BCUT2D eigenvalue weighted by atomic mass is 19.3. The molecule has 6 rings (SSSR count). The summed E-state index contributed by atoms with van der Waals surface area (Å²) < 4.78 is 37.2. The number of rotatable bonds is 22. The van der Waals surface area contributed by atoms with Crippen LogP contribution in [0.5, 0.6) is 0 Å². The molecule has 0 bridgehead atoms. The molecule has 0 radical (unpaired) electrons. The fourth-order valence-corrected chi connectivity index (χ4v) is 9.29. The highest BCUT2D eigenvalue weighted by molar-refractivity contribution is 5.83. The van der Waals surface area contributed by atoms with E-state index >= 15 is 0 Å². The minimum atomic E-state index is -1.57. The summed E-state index contributed by atoms with van der Waals surface area (Å²) in [6.45, 7) is 23.2. The minimum Gasteiger partial charge on any atom is -0.381 e. The normalized spacial score (nSPS) is 13.7. The molecular weight excluding hydrogens is 719 g/mol. The second-order valence-corrected chi connectivity index (χ2v) is 16.5. The highest BCUT2D eigenvalue weighted by Crippen LogP contribution is 2.55. The zero-order valence-electron chi connectivity index (χ0n) is 35.7. The first-order valence-corrected chi connectivity index (χ1v) is 21.5. The van der Waals surface area contributed by atoms with Crippen molar-refractivity contribution < 1.29 is 18.3 Å². The fraction of sp³-hybridized carbons (Fsp3) is 0.407. The predicted octanol–water partition coefficient (Wildman–Crippen LogP) is 15.2. The van der Waals surface area contributed by atoms with Crippen LogP contribution in [0.15, 0.2) is 123 Å². The van der Waals surface area contributed by atoms with Gasteiger partial charge in [-0.25, -0.2) is 0 Å². The summed E-state index contributed by atoms with van der Waals surface area (Å²) in [7, 11) is 0. The van der Waals surface area contributed by atoms with E-state index in [1.54, 1.807) is 0 Å². The molecule has 4 aromatic rings. The Labute approximate surface area is 348 Å². The van der Waals surface area contributed by atoms with Crippen molar-refractivity contribution in [3.63, 3.8) is 0 Å². The highest BCUT2D eigenvalue weighted by Gasteiger charge is 2.44. The van der Waals surface area contributed by atoms with Crippen LogP contribution < -0.4 is 0 Å². The molecule has 0 N–H and O–H groups in total. The van der Waals surface area contributed by atoms with E-state index in [1.807, 2.05) is 18.2 Å². The van der Waals surface area contributed by atoms with Gasteiger partial charge in [-0.15, -0.1) is 19.7 Å². The van der Waals surface area contributed by atoms with Crippen molar-refractivity contribution in [1.82, 2.24) is 0 Å². The second-order valence-electron chi connectivity index (χ2n) is 16.5. The van der Waals surface area contributed by atoms with Gasteiger partial charge >= 0.3 is 0 Å². The molecule has 0 amide bonds. The first-order chi connectivity index (χ1) is 28.1. The van der Waals surface area contributed by atoms with Crippen molar-refractivity contribution in [3.05, 3.63) is 167 Å². The van der Waals surface area contributed by atoms with Gasteiger partial charge in [0.25, 0.3) is 6.08 Å². The average molecular weight is 785 g/mol. The van der Waals surface area contributed by atoms with Gasteiger partial charge in [-0.05, 0) is 155 Å². The van der Waals surface area contributed by atoms with Crippen molar-refractivity contribution in [2.24, 2.45) is 0 Å². The van der Waals surface area contributed by atoms with Gasteiger partial charge in [-0.1, -0.05) is 113 Å². The molecule has 0 aromatic heterocycles. The maximum Gasteiger partial charge on any atom is 0.266 e. The number of allylic oxidation sites excluding steroid dienone is 4. The lowest BCUT2D eigenvalue weighted by atomic mass is 9.70. The van der Waals surface area contributed by atoms with Gasteiger partial charge < -0.3 is 9.47 Å². The minimum absolute atomic E-state index is 0.0560. The molecule has 0 saturated heterocycles. The second kappa shape index (κ2) is 21.6. The fourth-order valence-electron chi connectivity index (χ4n) is 9.29. The Morgan fingerprint density at radius 1 is 0.466 bits per heavy atom. The number of unbranched alkanes of at least 4 members (excludes halogenated alkanes) is 4. The van der Waals surface area contributed by atoms with E-state index in [4.69, 9.17) is 9.47 Å². The first-order valence-electron chi connectivity index (χ1n) is 21.5. The van der Waals surface area contributed by atoms with Crippen LogP contribution in [-0.2, 0) is 20.3 Å². The zero-order chi connectivity index (χ0) is 41.5. The summed E-state index contributed by atoms with van der Waals surface area (Å²) in [6.07, 6.45) is 16.5. The lowest BCUT2D eigenvalue weighted by Gasteiger charge is -2.33. The van der Waals surface area contributed by atoms with E-state index < -0.39 is 6.08 Å². The van der Waals surface area contributed by atoms with Crippen LogP contribution in [0.3, 0.4) is 0 Å². The number of fused-ring (bicyclic) bond motifs is 6. The van der Waals surface area contributed by atoms with Crippen LogP contribution in [0.25, 0.3) is 22.3 Å². The summed E-state index contributed by atoms with van der Waals surface area (Å²) in [5.74, 6) is 0. The van der Waals surface area contributed by atoms with Crippen molar-refractivity contribution in [2.75, 3.05) is 26.4 Å². The van der Waals surface area contributed by atoms with E-state index in [0.29, 0.717) is 6.42 Å². The summed E-state index contributed by atoms with van der Waals surface area (Å²) in [4.78, 5) is 0. The number of halogens is 2. The Kier molecular flexibility index (Phi) is 16.6. The average Bonchev–Trinajstić information content (AvgIpc) is 3.61. The van der Waals surface area contributed by atoms with Gasteiger partial charge in [0, 0.05) is 37.3 Å². The lowest BCUT2D eigenvalue weighted by Crippen LogP contribution is -2.29. The summed E-state index contributed by atoms with van der Waals surface area (Å²) in [5.41, 5.74) is 16.0. The maximum atomic E-state index is 12.5. The van der Waals surface area contributed by atoms with Gasteiger partial charge in [-0.3, -0.25) is 0 Å². The van der Waals surface area contributed by atoms with E-state index in [0.717, 1.165) is 103 Å². The molecule has 4 heteroatoms. The van der Waals surface area contributed by atoms with Crippen LogP contribution in [0.2, 0.25) is 0 Å². The molecule has 0 aliphatic heterocycles. The smallest absolute Gasteiger partial charge is 0.266 e. The first kappa shape index (κ1) is 44.7. The van der Waals surface area contributed by atoms with E-state index in [1.165, 1.54) is 66.8 Å². The molecule has 2 aliphatic carbocycles. The number of aryl methyl sites for hydroxylation is 4. The third-order valence-electron chi connectivity index (χ3n) is 12.2. The Morgan fingerprint density at radius 2 is 0.793 bits per heavy atom. The van der Waals surface area contributed by atoms with Crippen molar-refractivity contribution in [3.8, 4) is 22.3 Å². The van der Waals surface area contributed by atoms with Crippen LogP contribution in [-0.4, -0.2) is 26.4 Å². The van der Waals surface area contributed by atoms with Gasteiger partial charge in [0.2, 0.25) is 0 Å². The van der Waals surface area contributed by atoms with Crippen LogP contribution in [0.1, 0.15) is 122 Å². The van der Waals surface area contributed by atoms with Gasteiger partial charge in [0.05, 0.1) is 0 Å². The Bertz CT molecular complexity index is 1910. The molecule has 0 atom stereocenters. The maximum absolute atomic E-state index is 12.5. The standard InChI is InChI=1S/C29H38O2.C25H28F2/c1-5-7-9-17-30-19-15-29(16-20-31-18-10-8-6-2)27-21-23(3)11-13-25(27)26-14-12-24(4)22-28(26)29;1-4-5-7-14-25(15-8-6-9-24(26)27)22-16-18(2)10-12-20(22)21-13-11-19(3)17-23(21)25/h5-6,11-14,21-22H,1-2,7-10,15-20H2,3-4H3;4,9-13,16-17H,1,5-8,14-15H2,2-3H3. The third-order valence-corrected chi connectivity index (χ3v) is 12.2. The van der Waals surface area contributed by atoms with Crippen LogP contribution in [0, 0.1) is 27.7 Å². The molecule has 4 aromatic carbocycles. The van der Waals surface area contributed by atoms with Gasteiger partial charge in [0.1, 0.15) is 0 Å². The predicted molar refractivity (Wildman–Crippen MR) is 242 cm³/mol. The van der Waals surface area contributed by atoms with Crippen molar-refractivity contribution in [2.45, 2.75) is 116 Å². The Balaban J connectivity index is 0.000000223. The monoisotopic (exact) mass is 785 g/mol. The summed E-state index contributed by atoms with van der Waals surface area (Å²) >= 11 is 0. The molecule has 58 heavy (non-hydrogen) atoms. The SMILES string of the molecule is C=CCCCC1(CCCC=C(F)F)c2cc(C)ccc2-c2ccc(C)cc21.C=CCCCOCCC1(CCOCCCC=C)c2cc(C)ccc2-c2ccc(C)cc21. The number of ether oxygens (including phenoxy) is 2. The largest absolute Gasteiger partial charge is 0.381 e. The lowest BCUT2D eigenvalue weighted by molar-refractivity contribution is 0.0934. The van der Waals surface area contributed by atoms with Crippen LogP contribution in [0.4, 0.5) is 8.78 Å². The number of hydrogen-bond donors (Lipinski definition) is 0. The van der Waals surface area contributed by atoms with E-state index in [9.17, 15) is 8.78 Å². The van der Waals surface area contributed by atoms with E-state index in [-0.39, 0.29) is 10.8 Å². The molecular formula is C54H66F2O2. The summed E-state index contributed by atoms with van der Waals surface area (Å²) in [5, 5.41) is 0. The molecule has 0 saturated carbocycles. The van der Waals surface area contributed by atoms with Crippen molar-refractivity contribution in [1.29, 1.82) is 0 Å². The molecule has 308 valence electrons. The molecule has 2 nitrogen and oxygen atoms in total. The topological polar surface area (TPSA) is 18.5 Å². The zero-order valence-corrected chi connectivity index (χ0v) is 35.7. The molecule has 0 heterocycles. The summed E-state index contributed by atoms with van der Waals surface area (Å²) in [6, 6.07) is 27.3. The van der Waals surface area contributed by atoms with Crippen LogP contribution >= 0.6 is 0 Å². The van der Waals surface area contributed by atoms with Gasteiger partial charge in [-0.2, -0.15) is 8.78 Å². The molecule has 0 unspecified atom stereocenters. The number of hydrogen-bond acceptors (Lipinski definition) is 2. The quantitative estimate of drug-likeness (QED) is 0.0584. The molecule has 0 fully saturated rings. The van der Waals surface area contributed by atoms with Gasteiger partial charge in [0.15, 0.2) is 0 Å². The Hall–Kier alpha value is -4.38. The molecule has 2 aliphatic rings. The van der Waals surface area contributed by atoms with E-state index in [2.05, 4.69) is 120 Å². The molecule has 0 spiro atoms. The number of benzene rings is 4. The van der Waals surface area contributed by atoms with Crippen molar-refractivity contribution >= 4 is 0 Å². The third kappa shape index (κ3) is 10.6. The Morgan fingerprint density at radius 3 is 1.14 bits per heavy atom.